The molecule has 1 aromatic heterocycles. The minimum Gasteiger partial charge on any atom is -0.398 e. The molecule has 0 aliphatic heterocycles. The van der Waals surface area contributed by atoms with E-state index in [9.17, 15) is 8.42 Å². The van der Waals surface area contributed by atoms with Gasteiger partial charge in [-0.25, -0.2) is 8.42 Å². The molecule has 1 heterocycles. The van der Waals surface area contributed by atoms with Crippen molar-refractivity contribution in [1.29, 1.82) is 0 Å². The molecule has 3 N–H and O–H groups in total. The third-order valence-corrected chi connectivity index (χ3v) is 3.42. The number of H-pyrrole nitrogens is 1. The van der Waals surface area contributed by atoms with E-state index in [0.29, 0.717) is 11.1 Å². The maximum absolute atomic E-state index is 11.7. The van der Waals surface area contributed by atoms with Gasteiger partial charge in [-0.1, -0.05) is 12.1 Å². The molecule has 5 nitrogen and oxygen atoms in total. The van der Waals surface area contributed by atoms with E-state index in [0.717, 1.165) is 6.26 Å². The predicted octanol–water partition coefficient (Wildman–Crippen LogP) is 1.06. The van der Waals surface area contributed by atoms with E-state index in [-0.39, 0.29) is 10.6 Å². The molecule has 0 amide bonds. The summed E-state index contributed by atoms with van der Waals surface area (Å²) in [7, 11) is -3.36. The van der Waals surface area contributed by atoms with Crippen molar-refractivity contribution in [2.24, 2.45) is 0 Å². The van der Waals surface area contributed by atoms with Crippen molar-refractivity contribution < 1.29 is 8.42 Å². The van der Waals surface area contributed by atoms with Crippen LogP contribution in [-0.4, -0.2) is 24.9 Å². The van der Waals surface area contributed by atoms with E-state index >= 15 is 0 Å². The zero-order valence-corrected chi connectivity index (χ0v) is 9.45. The number of benzene rings is 1. The van der Waals surface area contributed by atoms with Gasteiger partial charge in [0.1, 0.15) is 0 Å². The zero-order chi connectivity index (χ0) is 11.8. The number of aromatic nitrogens is 2. The summed E-state index contributed by atoms with van der Waals surface area (Å²) < 4.78 is 23.3. The minimum absolute atomic E-state index is 0.149. The number of anilines is 1. The number of hydrogen-bond donors (Lipinski definition) is 2. The molecular weight excluding hydrogens is 226 g/mol. The van der Waals surface area contributed by atoms with Crippen LogP contribution in [0.2, 0.25) is 0 Å². The lowest BCUT2D eigenvalue weighted by Crippen LogP contribution is -2.04. The lowest BCUT2D eigenvalue weighted by molar-refractivity contribution is 0.602. The summed E-state index contributed by atoms with van der Waals surface area (Å²) in [4.78, 5) is 0.149. The van der Waals surface area contributed by atoms with E-state index in [1.807, 2.05) is 0 Å². The molecular formula is C10H11N3O2S. The van der Waals surface area contributed by atoms with Crippen molar-refractivity contribution in [3.8, 4) is 11.1 Å². The van der Waals surface area contributed by atoms with E-state index in [4.69, 9.17) is 5.73 Å². The molecule has 2 aromatic rings. The number of nitrogens with zero attached hydrogens (tertiary/aromatic N) is 1. The molecule has 0 aliphatic rings. The van der Waals surface area contributed by atoms with Crippen molar-refractivity contribution in [3.63, 3.8) is 0 Å². The first kappa shape index (κ1) is 10.7. The summed E-state index contributed by atoms with van der Waals surface area (Å²) in [6, 6.07) is 4.99. The summed E-state index contributed by atoms with van der Waals surface area (Å²) >= 11 is 0. The van der Waals surface area contributed by atoms with E-state index in [1.165, 1.54) is 0 Å². The van der Waals surface area contributed by atoms with Crippen LogP contribution in [0.1, 0.15) is 0 Å². The van der Waals surface area contributed by atoms with Crippen molar-refractivity contribution in [2.45, 2.75) is 4.90 Å². The van der Waals surface area contributed by atoms with Crippen molar-refractivity contribution in [3.05, 3.63) is 30.6 Å². The summed E-state index contributed by atoms with van der Waals surface area (Å²) in [5.41, 5.74) is 7.22. The second-order valence-corrected chi connectivity index (χ2v) is 5.44. The quantitative estimate of drug-likeness (QED) is 0.764. The topological polar surface area (TPSA) is 88.8 Å². The first-order valence-electron chi connectivity index (χ1n) is 4.58. The Hall–Kier alpha value is -1.82. The van der Waals surface area contributed by atoms with Crippen molar-refractivity contribution >= 4 is 15.5 Å². The number of aromatic amines is 1. The van der Waals surface area contributed by atoms with E-state index < -0.39 is 9.84 Å². The van der Waals surface area contributed by atoms with Gasteiger partial charge in [0.25, 0.3) is 0 Å². The zero-order valence-electron chi connectivity index (χ0n) is 8.64. The Bertz CT molecular complexity index is 603. The average molecular weight is 237 g/mol. The smallest absolute Gasteiger partial charge is 0.178 e. The number of hydrogen-bond acceptors (Lipinski definition) is 4. The SMILES string of the molecule is CS(=O)(=O)c1c(N)cccc1-c1cn[nH]c1. The van der Waals surface area contributed by atoms with Gasteiger partial charge in [0.05, 0.1) is 16.8 Å². The largest absolute Gasteiger partial charge is 0.398 e. The van der Waals surface area contributed by atoms with Gasteiger partial charge in [-0.3, -0.25) is 5.10 Å². The fraction of sp³-hybridized carbons (Fsp3) is 0.100. The van der Waals surface area contributed by atoms with Crippen molar-refractivity contribution in [2.75, 3.05) is 12.0 Å². The lowest BCUT2D eigenvalue weighted by Gasteiger charge is -2.08. The summed E-state index contributed by atoms with van der Waals surface area (Å²) in [5.74, 6) is 0. The summed E-state index contributed by atoms with van der Waals surface area (Å²) in [5, 5.41) is 6.43. The Balaban J connectivity index is 2.77. The number of nitrogen functional groups attached to an aromatic ring is 1. The highest BCUT2D eigenvalue weighted by atomic mass is 32.2. The molecule has 6 heteroatoms. The van der Waals surface area contributed by atoms with Crippen LogP contribution in [0.25, 0.3) is 11.1 Å². The van der Waals surface area contributed by atoms with Gasteiger partial charge in [-0.05, 0) is 6.07 Å². The Kier molecular flexibility index (Phi) is 2.43. The predicted molar refractivity (Wildman–Crippen MR) is 61.5 cm³/mol. The van der Waals surface area contributed by atoms with Crippen LogP contribution in [0.3, 0.4) is 0 Å². The third kappa shape index (κ3) is 1.79. The molecule has 0 saturated carbocycles. The fourth-order valence-electron chi connectivity index (χ4n) is 1.59. The van der Waals surface area contributed by atoms with E-state index in [1.54, 1.807) is 30.6 Å². The third-order valence-electron chi connectivity index (χ3n) is 2.23. The van der Waals surface area contributed by atoms with Gasteiger partial charge in [0.15, 0.2) is 9.84 Å². The number of rotatable bonds is 2. The second kappa shape index (κ2) is 3.64. The van der Waals surface area contributed by atoms with Crippen LogP contribution < -0.4 is 5.73 Å². The maximum atomic E-state index is 11.7. The molecule has 84 valence electrons. The Morgan fingerprint density at radius 1 is 1.38 bits per heavy atom. The fourth-order valence-corrected chi connectivity index (χ4v) is 2.68. The van der Waals surface area contributed by atoms with Gasteiger partial charge in [-0.2, -0.15) is 5.10 Å². The Morgan fingerprint density at radius 2 is 2.12 bits per heavy atom. The minimum atomic E-state index is -3.36. The Morgan fingerprint density at radius 3 is 2.69 bits per heavy atom. The standard InChI is InChI=1S/C10H11N3O2S/c1-16(14,15)10-8(3-2-4-9(10)11)7-5-12-13-6-7/h2-6H,11H2,1H3,(H,12,13). The highest BCUT2D eigenvalue weighted by Gasteiger charge is 2.18. The number of nitrogens with one attached hydrogen (secondary N) is 1. The molecule has 0 unspecified atom stereocenters. The van der Waals surface area contributed by atoms with Crippen LogP contribution in [0.15, 0.2) is 35.5 Å². The molecule has 0 aliphatic carbocycles. The van der Waals surface area contributed by atoms with Crippen LogP contribution >= 0.6 is 0 Å². The van der Waals surface area contributed by atoms with Crippen LogP contribution in [0, 0.1) is 0 Å². The molecule has 16 heavy (non-hydrogen) atoms. The molecule has 0 atom stereocenters. The molecule has 0 radical (unpaired) electrons. The maximum Gasteiger partial charge on any atom is 0.178 e. The lowest BCUT2D eigenvalue weighted by atomic mass is 10.1. The normalized spacial score (nSPS) is 11.6. The van der Waals surface area contributed by atoms with Gasteiger partial charge in [0.2, 0.25) is 0 Å². The molecule has 0 bridgehead atoms. The van der Waals surface area contributed by atoms with Gasteiger partial charge in [-0.15, -0.1) is 0 Å². The average Bonchev–Trinajstić information content (AvgIpc) is 2.67. The Labute approximate surface area is 93.2 Å². The number of nitrogens with two attached hydrogens (primary N) is 1. The first-order chi connectivity index (χ1) is 7.50. The molecule has 0 fully saturated rings. The summed E-state index contributed by atoms with van der Waals surface area (Å²) in [6.45, 7) is 0. The molecule has 0 saturated heterocycles. The second-order valence-electron chi connectivity index (χ2n) is 3.48. The molecule has 2 rings (SSSR count). The summed E-state index contributed by atoms with van der Waals surface area (Å²) in [6.07, 6.45) is 4.33. The van der Waals surface area contributed by atoms with Gasteiger partial charge < -0.3 is 5.73 Å². The van der Waals surface area contributed by atoms with Crippen LogP contribution in [0.5, 0.6) is 0 Å². The monoisotopic (exact) mass is 237 g/mol. The van der Waals surface area contributed by atoms with Gasteiger partial charge in [0, 0.05) is 23.6 Å². The van der Waals surface area contributed by atoms with Crippen molar-refractivity contribution in [1.82, 2.24) is 10.2 Å². The molecule has 0 spiro atoms. The van der Waals surface area contributed by atoms with Crippen LogP contribution in [-0.2, 0) is 9.84 Å². The number of sulfone groups is 1. The van der Waals surface area contributed by atoms with Crippen LogP contribution in [0.4, 0.5) is 5.69 Å². The highest BCUT2D eigenvalue weighted by molar-refractivity contribution is 7.91. The first-order valence-corrected chi connectivity index (χ1v) is 6.47. The van der Waals surface area contributed by atoms with Gasteiger partial charge >= 0.3 is 0 Å². The highest BCUT2D eigenvalue weighted by Crippen LogP contribution is 2.30. The molecule has 1 aromatic carbocycles. The van der Waals surface area contributed by atoms with E-state index in [2.05, 4.69) is 10.2 Å².